The normalized spacial score (nSPS) is 18.0. The molecular formula is C25H24Cl2N6O3S. The third kappa shape index (κ3) is 4.41. The van der Waals surface area contributed by atoms with Crippen molar-refractivity contribution in [2.24, 2.45) is 5.41 Å². The molecule has 3 aromatic heterocycles. The van der Waals surface area contributed by atoms with Gasteiger partial charge in [-0.15, -0.1) is 0 Å². The Bertz CT molecular complexity index is 1570. The first-order valence-electron chi connectivity index (χ1n) is 11.7. The van der Waals surface area contributed by atoms with Gasteiger partial charge in [-0.2, -0.15) is 5.10 Å². The minimum absolute atomic E-state index is 0.0552. The van der Waals surface area contributed by atoms with Gasteiger partial charge in [0.25, 0.3) is 0 Å². The number of nitrogens with zero attached hydrogens (tertiary/aromatic N) is 5. The smallest absolute Gasteiger partial charge is 0.211 e. The second kappa shape index (κ2) is 8.83. The summed E-state index contributed by atoms with van der Waals surface area (Å²) in [4.78, 5) is 10.9. The number of ether oxygens (including phenoxy) is 1. The molecule has 4 aromatic rings. The zero-order valence-electron chi connectivity index (χ0n) is 20.1. The van der Waals surface area contributed by atoms with Gasteiger partial charge in [-0.1, -0.05) is 23.2 Å². The van der Waals surface area contributed by atoms with Gasteiger partial charge >= 0.3 is 0 Å². The molecule has 1 spiro atoms. The van der Waals surface area contributed by atoms with Crippen LogP contribution >= 0.6 is 23.2 Å². The average molecular weight is 559 g/mol. The lowest BCUT2D eigenvalue weighted by molar-refractivity contribution is 0.0395. The molecule has 192 valence electrons. The van der Waals surface area contributed by atoms with Gasteiger partial charge in [0, 0.05) is 60.5 Å². The van der Waals surface area contributed by atoms with E-state index in [1.807, 2.05) is 43.5 Å². The zero-order chi connectivity index (χ0) is 25.9. The summed E-state index contributed by atoms with van der Waals surface area (Å²) in [7, 11) is -3.11. The standard InChI is InChI=1S/C25H24Cl2N6O3S/c1-15(22-19(26)7-8-28-24(22)27)36-17-4-5-20-18(9-17)23(31-30-20)16-3-6-21(29-10-16)32-11-25(12-32)13-33(14-25)37(2,34)35/h3-10,15H,11-14H2,1-2H3,(H,30,31). The molecular weight excluding hydrogens is 535 g/mol. The first-order chi connectivity index (χ1) is 17.6. The highest BCUT2D eigenvalue weighted by Gasteiger charge is 2.54. The Labute approximate surface area is 224 Å². The predicted molar refractivity (Wildman–Crippen MR) is 144 cm³/mol. The number of nitrogens with one attached hydrogen (secondary N) is 1. The van der Waals surface area contributed by atoms with Gasteiger partial charge in [-0.05, 0) is 43.3 Å². The molecule has 0 amide bonds. The molecule has 5 heterocycles. The van der Waals surface area contributed by atoms with Crippen molar-refractivity contribution in [2.75, 3.05) is 37.3 Å². The van der Waals surface area contributed by atoms with Crippen molar-refractivity contribution >= 4 is 49.9 Å². The fraction of sp³-hybridized carbons (Fsp3) is 0.320. The van der Waals surface area contributed by atoms with E-state index in [9.17, 15) is 8.42 Å². The molecule has 1 unspecified atom stereocenters. The van der Waals surface area contributed by atoms with Crippen molar-refractivity contribution in [3.63, 3.8) is 0 Å². The molecule has 2 aliphatic rings. The van der Waals surface area contributed by atoms with Crippen LogP contribution in [-0.4, -0.2) is 65.3 Å². The van der Waals surface area contributed by atoms with E-state index in [1.165, 1.54) is 10.6 Å². The van der Waals surface area contributed by atoms with Crippen LogP contribution in [-0.2, 0) is 10.0 Å². The number of anilines is 1. The third-order valence-corrected chi connectivity index (χ3v) is 8.86. The molecule has 37 heavy (non-hydrogen) atoms. The van der Waals surface area contributed by atoms with Gasteiger partial charge in [0.05, 0.1) is 16.8 Å². The SMILES string of the molecule is CC(Oc1ccc2[nH]nc(-c3ccc(N4CC5(C4)CN(S(C)(=O)=O)C5)nc3)c2c1)c1c(Cl)ccnc1Cl. The number of pyridine rings is 2. The lowest BCUT2D eigenvalue weighted by atomic mass is 9.74. The van der Waals surface area contributed by atoms with Crippen molar-refractivity contribution in [3.8, 4) is 17.0 Å². The van der Waals surface area contributed by atoms with E-state index in [0.717, 1.165) is 41.1 Å². The maximum Gasteiger partial charge on any atom is 0.211 e. The van der Waals surface area contributed by atoms with Gasteiger partial charge in [0.2, 0.25) is 10.0 Å². The highest BCUT2D eigenvalue weighted by molar-refractivity contribution is 7.88. The summed E-state index contributed by atoms with van der Waals surface area (Å²) in [5.74, 6) is 1.52. The fourth-order valence-corrected chi connectivity index (χ4v) is 6.79. The summed E-state index contributed by atoms with van der Waals surface area (Å²) in [5.41, 5.74) is 3.21. The third-order valence-electron chi connectivity index (χ3n) is 7.03. The van der Waals surface area contributed by atoms with E-state index in [1.54, 1.807) is 12.3 Å². The lowest BCUT2D eigenvalue weighted by Crippen LogP contribution is -2.73. The van der Waals surface area contributed by atoms with Gasteiger partial charge < -0.3 is 9.64 Å². The molecule has 12 heteroatoms. The average Bonchev–Trinajstić information content (AvgIpc) is 3.20. The van der Waals surface area contributed by atoms with Crippen molar-refractivity contribution in [1.29, 1.82) is 0 Å². The first-order valence-corrected chi connectivity index (χ1v) is 14.3. The van der Waals surface area contributed by atoms with Crippen LogP contribution in [0, 0.1) is 5.41 Å². The molecule has 0 saturated carbocycles. The number of sulfonamides is 1. The number of benzene rings is 1. The Balaban J connectivity index is 1.18. The zero-order valence-corrected chi connectivity index (χ0v) is 22.5. The minimum Gasteiger partial charge on any atom is -0.486 e. The molecule has 0 bridgehead atoms. The number of hydrogen-bond donors (Lipinski definition) is 1. The molecule has 2 aliphatic heterocycles. The molecule has 2 fully saturated rings. The summed E-state index contributed by atoms with van der Waals surface area (Å²) in [6, 6.07) is 11.4. The predicted octanol–water partition coefficient (Wildman–Crippen LogP) is 4.55. The van der Waals surface area contributed by atoms with Crippen LogP contribution in [0.5, 0.6) is 5.75 Å². The summed E-state index contributed by atoms with van der Waals surface area (Å²) in [6.07, 6.45) is 4.23. The van der Waals surface area contributed by atoms with Crippen molar-refractivity contribution < 1.29 is 13.2 Å². The van der Waals surface area contributed by atoms with Crippen LogP contribution in [0.25, 0.3) is 22.2 Å². The summed E-state index contributed by atoms with van der Waals surface area (Å²) < 4.78 is 31.0. The van der Waals surface area contributed by atoms with Gasteiger partial charge in [0.1, 0.15) is 28.5 Å². The maximum atomic E-state index is 11.7. The Morgan fingerprint density at radius 1 is 1.08 bits per heavy atom. The number of fused-ring (bicyclic) bond motifs is 1. The van der Waals surface area contributed by atoms with Gasteiger partial charge in [0.15, 0.2) is 0 Å². The number of aromatic amines is 1. The van der Waals surface area contributed by atoms with Crippen molar-refractivity contribution in [2.45, 2.75) is 13.0 Å². The van der Waals surface area contributed by atoms with Crippen molar-refractivity contribution in [1.82, 2.24) is 24.5 Å². The monoisotopic (exact) mass is 558 g/mol. The Morgan fingerprint density at radius 3 is 2.54 bits per heavy atom. The highest BCUT2D eigenvalue weighted by Crippen LogP contribution is 2.42. The number of aromatic nitrogens is 4. The van der Waals surface area contributed by atoms with Crippen LogP contribution in [0.2, 0.25) is 10.2 Å². The van der Waals surface area contributed by atoms with E-state index < -0.39 is 16.1 Å². The quantitative estimate of drug-likeness (QED) is 0.346. The topological polar surface area (TPSA) is 104 Å². The Kier molecular flexibility index (Phi) is 5.83. The van der Waals surface area contributed by atoms with Crippen LogP contribution in [0.4, 0.5) is 5.82 Å². The second-order valence-corrected chi connectivity index (χ2v) is 12.6. The van der Waals surface area contributed by atoms with Crippen molar-refractivity contribution in [3.05, 3.63) is 64.5 Å². The molecule has 2 saturated heterocycles. The Hall–Kier alpha value is -2.92. The summed E-state index contributed by atoms with van der Waals surface area (Å²) >= 11 is 12.6. The highest BCUT2D eigenvalue weighted by atomic mass is 35.5. The van der Waals surface area contributed by atoms with E-state index in [4.69, 9.17) is 27.9 Å². The molecule has 9 nitrogen and oxygen atoms in total. The lowest BCUT2D eigenvalue weighted by Gasteiger charge is -2.59. The number of halogens is 2. The van der Waals surface area contributed by atoms with Crippen LogP contribution in [0.3, 0.4) is 0 Å². The van der Waals surface area contributed by atoms with Crippen LogP contribution < -0.4 is 9.64 Å². The van der Waals surface area contributed by atoms with Gasteiger partial charge in [-0.25, -0.2) is 22.7 Å². The van der Waals surface area contributed by atoms with E-state index in [-0.39, 0.29) is 5.41 Å². The molecule has 1 atom stereocenters. The largest absolute Gasteiger partial charge is 0.486 e. The maximum absolute atomic E-state index is 11.7. The van der Waals surface area contributed by atoms with E-state index in [0.29, 0.717) is 34.6 Å². The summed E-state index contributed by atoms with van der Waals surface area (Å²) in [6.45, 7) is 4.66. The van der Waals surface area contributed by atoms with E-state index >= 15 is 0 Å². The fourth-order valence-electron chi connectivity index (χ4n) is 5.11. The minimum atomic E-state index is -3.11. The Morgan fingerprint density at radius 2 is 1.86 bits per heavy atom. The van der Waals surface area contributed by atoms with Gasteiger partial charge in [-0.3, -0.25) is 5.10 Å². The first kappa shape index (κ1) is 24.4. The summed E-state index contributed by atoms with van der Waals surface area (Å²) in [5, 5.41) is 9.30. The number of hydrogen-bond acceptors (Lipinski definition) is 7. The molecule has 1 aromatic carbocycles. The molecule has 6 rings (SSSR count). The molecule has 0 radical (unpaired) electrons. The van der Waals surface area contributed by atoms with Crippen LogP contribution in [0.15, 0.2) is 48.8 Å². The molecule has 0 aliphatic carbocycles. The second-order valence-electron chi connectivity index (χ2n) is 9.83. The van der Waals surface area contributed by atoms with Crippen LogP contribution in [0.1, 0.15) is 18.6 Å². The van der Waals surface area contributed by atoms with E-state index in [2.05, 4.69) is 25.1 Å². The number of rotatable bonds is 6. The number of H-pyrrole nitrogens is 1. The molecule has 1 N–H and O–H groups in total.